The maximum absolute atomic E-state index is 12.2. The Morgan fingerprint density at radius 2 is 1.86 bits per heavy atom. The topological polar surface area (TPSA) is 58.6 Å². The highest BCUT2D eigenvalue weighted by Crippen LogP contribution is 2.18. The van der Waals surface area contributed by atoms with Gasteiger partial charge in [-0.2, -0.15) is 0 Å². The van der Waals surface area contributed by atoms with Gasteiger partial charge in [-0.05, 0) is 39.0 Å². The highest BCUT2D eigenvalue weighted by molar-refractivity contribution is 6.08. The number of ketones is 1. The summed E-state index contributed by atoms with van der Waals surface area (Å²) >= 11 is 0. The van der Waals surface area contributed by atoms with Gasteiger partial charge in [0.05, 0.1) is 0 Å². The molecule has 1 rings (SSSR count). The summed E-state index contributed by atoms with van der Waals surface area (Å²) in [4.78, 5) is 25.5. The van der Waals surface area contributed by atoms with Gasteiger partial charge < -0.3 is 15.0 Å². The number of benzene rings is 1. The number of hydrogen-bond donors (Lipinski definition) is 1. The van der Waals surface area contributed by atoms with Gasteiger partial charge in [0.1, 0.15) is 5.60 Å². The number of ether oxygens (including phenoxy) is 1. The van der Waals surface area contributed by atoms with Gasteiger partial charge in [0.25, 0.3) is 0 Å². The molecule has 5 heteroatoms. The number of rotatable bonds is 5. The Morgan fingerprint density at radius 3 is 2.45 bits per heavy atom. The van der Waals surface area contributed by atoms with E-state index in [2.05, 4.69) is 5.32 Å². The van der Waals surface area contributed by atoms with Gasteiger partial charge >= 0.3 is 6.09 Å². The van der Waals surface area contributed by atoms with E-state index in [1.165, 1.54) is 6.08 Å². The fourth-order valence-corrected chi connectivity index (χ4v) is 1.78. The predicted octanol–water partition coefficient (Wildman–Crippen LogP) is 3.02. The van der Waals surface area contributed by atoms with Crippen molar-refractivity contribution in [3.05, 3.63) is 42.0 Å². The molecule has 0 aliphatic carbocycles. The van der Waals surface area contributed by atoms with Gasteiger partial charge in [0.15, 0.2) is 5.78 Å². The molecule has 22 heavy (non-hydrogen) atoms. The lowest BCUT2D eigenvalue weighted by Gasteiger charge is -2.19. The molecule has 0 aliphatic heterocycles. The van der Waals surface area contributed by atoms with E-state index in [4.69, 9.17) is 4.74 Å². The second-order valence-electron chi connectivity index (χ2n) is 6.06. The van der Waals surface area contributed by atoms with Gasteiger partial charge in [0.2, 0.25) is 0 Å². The molecule has 0 saturated heterocycles. The molecule has 1 amide bonds. The first-order valence-corrected chi connectivity index (χ1v) is 7.15. The van der Waals surface area contributed by atoms with Crippen LogP contribution in [0.4, 0.5) is 10.5 Å². The minimum Gasteiger partial charge on any atom is -0.444 e. The fraction of sp³-hybridized carbons (Fsp3) is 0.412. The Balaban J connectivity index is 2.57. The Hall–Kier alpha value is -2.30. The van der Waals surface area contributed by atoms with Crippen LogP contribution in [-0.4, -0.2) is 38.1 Å². The summed E-state index contributed by atoms with van der Waals surface area (Å²) < 4.78 is 5.10. The van der Waals surface area contributed by atoms with Crippen molar-refractivity contribution in [3.8, 4) is 0 Å². The molecule has 0 aliphatic rings. The van der Waals surface area contributed by atoms with E-state index in [-0.39, 0.29) is 12.3 Å². The molecule has 0 spiro atoms. The van der Waals surface area contributed by atoms with Crippen molar-refractivity contribution in [2.24, 2.45) is 0 Å². The van der Waals surface area contributed by atoms with Crippen LogP contribution in [0.5, 0.6) is 0 Å². The molecule has 0 bridgehead atoms. The number of amides is 1. The van der Waals surface area contributed by atoms with Crippen LogP contribution in [-0.2, 0) is 4.74 Å². The zero-order valence-corrected chi connectivity index (χ0v) is 13.8. The number of nitrogens with zero attached hydrogens (tertiary/aromatic N) is 1. The van der Waals surface area contributed by atoms with E-state index in [1.54, 1.807) is 32.9 Å². The lowest BCUT2D eigenvalue weighted by Crippen LogP contribution is -2.32. The number of allylic oxidation sites excluding steroid dienone is 1. The molecule has 5 nitrogen and oxygen atoms in total. The SMILES string of the molecule is CN(C)c1ccccc1C(=O)/C=C/CNC(=O)OC(C)(C)C. The van der Waals surface area contributed by atoms with Crippen LogP contribution in [0.2, 0.25) is 0 Å². The predicted molar refractivity (Wildman–Crippen MR) is 88.5 cm³/mol. The molecule has 0 aromatic heterocycles. The highest BCUT2D eigenvalue weighted by Gasteiger charge is 2.15. The van der Waals surface area contributed by atoms with Crippen molar-refractivity contribution < 1.29 is 14.3 Å². The van der Waals surface area contributed by atoms with Gasteiger partial charge in [-0.15, -0.1) is 0 Å². The average molecular weight is 304 g/mol. The molecular weight excluding hydrogens is 280 g/mol. The summed E-state index contributed by atoms with van der Waals surface area (Å²) in [5.41, 5.74) is 0.951. The fourth-order valence-electron chi connectivity index (χ4n) is 1.78. The van der Waals surface area contributed by atoms with Crippen LogP contribution in [0.15, 0.2) is 36.4 Å². The van der Waals surface area contributed by atoms with Gasteiger partial charge in [-0.1, -0.05) is 18.2 Å². The van der Waals surface area contributed by atoms with Gasteiger partial charge in [-0.3, -0.25) is 4.79 Å². The monoisotopic (exact) mass is 304 g/mol. The van der Waals surface area contributed by atoms with Crippen LogP contribution in [0, 0.1) is 0 Å². The molecule has 1 N–H and O–H groups in total. The number of carbonyl (C=O) groups excluding carboxylic acids is 2. The summed E-state index contributed by atoms with van der Waals surface area (Å²) in [5, 5.41) is 2.57. The van der Waals surface area contributed by atoms with E-state index >= 15 is 0 Å². The Kier molecular flexibility index (Phi) is 6.16. The van der Waals surface area contributed by atoms with Crippen molar-refractivity contribution >= 4 is 17.6 Å². The molecule has 1 aromatic carbocycles. The Labute approximate surface area is 132 Å². The first-order valence-electron chi connectivity index (χ1n) is 7.15. The normalized spacial score (nSPS) is 11.3. The molecule has 0 fully saturated rings. The maximum Gasteiger partial charge on any atom is 0.407 e. The van der Waals surface area contributed by atoms with Crippen LogP contribution in [0.1, 0.15) is 31.1 Å². The summed E-state index contributed by atoms with van der Waals surface area (Å²) in [6.07, 6.45) is 2.57. The third-order valence-corrected chi connectivity index (χ3v) is 2.68. The largest absolute Gasteiger partial charge is 0.444 e. The Morgan fingerprint density at radius 1 is 1.23 bits per heavy atom. The van der Waals surface area contributed by atoms with Crippen molar-refractivity contribution in [2.75, 3.05) is 25.5 Å². The number of carbonyl (C=O) groups is 2. The number of nitrogens with one attached hydrogen (secondary N) is 1. The minimum atomic E-state index is -0.533. The molecule has 1 aromatic rings. The summed E-state index contributed by atoms with van der Waals surface area (Å²) in [5.74, 6) is -0.102. The molecule has 120 valence electrons. The lowest BCUT2D eigenvalue weighted by atomic mass is 10.1. The van der Waals surface area contributed by atoms with E-state index in [9.17, 15) is 9.59 Å². The van der Waals surface area contributed by atoms with Crippen LogP contribution < -0.4 is 10.2 Å². The third-order valence-electron chi connectivity index (χ3n) is 2.68. The molecule has 0 unspecified atom stereocenters. The smallest absolute Gasteiger partial charge is 0.407 e. The Bertz CT molecular complexity index is 557. The quantitative estimate of drug-likeness (QED) is 0.671. The zero-order chi connectivity index (χ0) is 16.8. The first-order chi connectivity index (χ1) is 10.2. The number of anilines is 1. The minimum absolute atomic E-state index is 0.102. The van der Waals surface area contributed by atoms with Crippen molar-refractivity contribution in [1.29, 1.82) is 0 Å². The number of para-hydroxylation sites is 1. The zero-order valence-electron chi connectivity index (χ0n) is 13.8. The van der Waals surface area contributed by atoms with Gasteiger partial charge in [-0.25, -0.2) is 4.79 Å². The molecular formula is C17H24N2O3. The summed E-state index contributed by atoms with van der Waals surface area (Å²) in [6, 6.07) is 7.39. The summed E-state index contributed by atoms with van der Waals surface area (Å²) in [6.45, 7) is 5.63. The van der Waals surface area contributed by atoms with Crippen LogP contribution in [0.25, 0.3) is 0 Å². The summed E-state index contributed by atoms with van der Waals surface area (Å²) in [7, 11) is 3.78. The second kappa shape index (κ2) is 7.64. The van der Waals surface area contributed by atoms with Crippen LogP contribution >= 0.6 is 0 Å². The van der Waals surface area contributed by atoms with Crippen LogP contribution in [0.3, 0.4) is 0 Å². The molecule has 0 radical (unpaired) electrons. The highest BCUT2D eigenvalue weighted by atomic mass is 16.6. The second-order valence-corrected chi connectivity index (χ2v) is 6.06. The molecule has 0 saturated carbocycles. The van der Waals surface area contributed by atoms with Crippen molar-refractivity contribution in [1.82, 2.24) is 5.32 Å². The first kappa shape index (κ1) is 17.8. The van der Waals surface area contributed by atoms with E-state index in [0.717, 1.165) is 5.69 Å². The number of alkyl carbamates (subject to hydrolysis) is 1. The van der Waals surface area contributed by atoms with Crippen molar-refractivity contribution in [2.45, 2.75) is 26.4 Å². The maximum atomic E-state index is 12.2. The van der Waals surface area contributed by atoms with E-state index in [1.807, 2.05) is 37.2 Å². The molecule has 0 atom stereocenters. The van der Waals surface area contributed by atoms with Crippen molar-refractivity contribution in [3.63, 3.8) is 0 Å². The molecule has 0 heterocycles. The average Bonchev–Trinajstić information content (AvgIpc) is 2.41. The lowest BCUT2D eigenvalue weighted by molar-refractivity contribution is 0.0533. The standard InChI is InChI=1S/C17H24N2O3/c1-17(2,3)22-16(21)18-12-8-11-15(20)13-9-6-7-10-14(13)19(4)5/h6-11H,12H2,1-5H3,(H,18,21)/b11-8+. The van der Waals surface area contributed by atoms with Gasteiger partial charge in [0, 0.05) is 31.9 Å². The third kappa shape index (κ3) is 5.99. The number of hydrogen-bond acceptors (Lipinski definition) is 4. The van der Waals surface area contributed by atoms with E-state index in [0.29, 0.717) is 5.56 Å². The van der Waals surface area contributed by atoms with E-state index < -0.39 is 11.7 Å².